The van der Waals surface area contributed by atoms with E-state index in [1.807, 2.05) is 6.92 Å². The van der Waals surface area contributed by atoms with Crippen molar-refractivity contribution in [3.63, 3.8) is 0 Å². The van der Waals surface area contributed by atoms with E-state index in [0.29, 0.717) is 22.1 Å². The standard InChI is InChI=1S/C15H22ClNO4/c1-4-5-10(2)17-14(19)9-21-15-11(8-18)6-12(16)7-13(15)20-3/h6-7,10,18H,4-5,8-9H2,1-3H3,(H,17,19). The molecule has 0 saturated heterocycles. The van der Waals surface area contributed by atoms with E-state index in [-0.39, 0.29) is 25.2 Å². The molecule has 0 fully saturated rings. The molecular weight excluding hydrogens is 294 g/mol. The molecule has 0 aliphatic heterocycles. The molecule has 6 heteroatoms. The lowest BCUT2D eigenvalue weighted by atomic mass is 10.2. The maximum atomic E-state index is 11.8. The summed E-state index contributed by atoms with van der Waals surface area (Å²) in [5, 5.41) is 12.6. The number of halogens is 1. The van der Waals surface area contributed by atoms with Crippen molar-refractivity contribution in [2.24, 2.45) is 0 Å². The fourth-order valence-corrected chi connectivity index (χ4v) is 2.25. The summed E-state index contributed by atoms with van der Waals surface area (Å²) in [6.07, 6.45) is 1.92. The van der Waals surface area contributed by atoms with Gasteiger partial charge in [0.1, 0.15) is 0 Å². The van der Waals surface area contributed by atoms with Crippen molar-refractivity contribution in [1.29, 1.82) is 0 Å². The normalized spacial score (nSPS) is 11.9. The second kappa shape index (κ2) is 8.74. The van der Waals surface area contributed by atoms with Crippen molar-refractivity contribution in [1.82, 2.24) is 5.32 Å². The Balaban J connectivity index is 2.72. The van der Waals surface area contributed by atoms with Gasteiger partial charge < -0.3 is 19.9 Å². The highest BCUT2D eigenvalue weighted by atomic mass is 35.5. The van der Waals surface area contributed by atoms with Gasteiger partial charge in [0.05, 0.1) is 13.7 Å². The summed E-state index contributed by atoms with van der Waals surface area (Å²) in [4.78, 5) is 11.8. The van der Waals surface area contributed by atoms with Gasteiger partial charge in [-0.15, -0.1) is 0 Å². The third-order valence-electron chi connectivity index (χ3n) is 2.96. The summed E-state index contributed by atoms with van der Waals surface area (Å²) >= 11 is 5.92. The number of hydrogen-bond acceptors (Lipinski definition) is 4. The van der Waals surface area contributed by atoms with Crippen molar-refractivity contribution in [3.8, 4) is 11.5 Å². The SMILES string of the molecule is CCCC(C)NC(=O)COc1c(CO)cc(Cl)cc1OC. The summed E-state index contributed by atoms with van der Waals surface area (Å²) in [5.74, 6) is 0.514. The Morgan fingerprint density at radius 3 is 2.76 bits per heavy atom. The molecule has 0 saturated carbocycles. The lowest BCUT2D eigenvalue weighted by Gasteiger charge is -2.16. The molecule has 0 aliphatic rings. The van der Waals surface area contributed by atoms with Crippen LogP contribution in [0.3, 0.4) is 0 Å². The molecule has 1 aromatic rings. The predicted octanol–water partition coefficient (Wildman–Crippen LogP) is 2.52. The molecule has 1 rings (SSSR count). The predicted molar refractivity (Wildman–Crippen MR) is 81.9 cm³/mol. The Hall–Kier alpha value is -1.46. The maximum Gasteiger partial charge on any atom is 0.258 e. The van der Waals surface area contributed by atoms with Crippen LogP contribution in [0.4, 0.5) is 0 Å². The monoisotopic (exact) mass is 315 g/mol. The van der Waals surface area contributed by atoms with Crippen LogP contribution in [-0.4, -0.2) is 30.8 Å². The van der Waals surface area contributed by atoms with Crippen LogP contribution >= 0.6 is 11.6 Å². The first-order valence-electron chi connectivity index (χ1n) is 6.91. The number of carbonyl (C=O) groups excluding carboxylic acids is 1. The minimum Gasteiger partial charge on any atom is -0.493 e. The number of aliphatic hydroxyl groups excluding tert-OH is 1. The molecule has 2 N–H and O–H groups in total. The number of rotatable bonds is 8. The number of methoxy groups -OCH3 is 1. The summed E-state index contributed by atoms with van der Waals surface area (Å²) < 4.78 is 10.7. The zero-order valence-electron chi connectivity index (χ0n) is 12.6. The molecule has 1 amide bonds. The van der Waals surface area contributed by atoms with E-state index >= 15 is 0 Å². The van der Waals surface area contributed by atoms with Crippen LogP contribution in [0, 0.1) is 0 Å². The van der Waals surface area contributed by atoms with Crippen LogP contribution < -0.4 is 14.8 Å². The van der Waals surface area contributed by atoms with Crippen LogP contribution in [0.2, 0.25) is 5.02 Å². The molecule has 0 radical (unpaired) electrons. The molecule has 1 aromatic carbocycles. The van der Waals surface area contributed by atoms with Gasteiger partial charge in [-0.25, -0.2) is 0 Å². The minimum atomic E-state index is -0.250. The molecule has 5 nitrogen and oxygen atoms in total. The van der Waals surface area contributed by atoms with Crippen LogP contribution in [0.15, 0.2) is 12.1 Å². The maximum absolute atomic E-state index is 11.8. The second-order valence-corrected chi connectivity index (χ2v) is 5.24. The zero-order chi connectivity index (χ0) is 15.8. The Kier molecular flexibility index (Phi) is 7.32. The number of ether oxygens (including phenoxy) is 2. The van der Waals surface area contributed by atoms with Gasteiger partial charge in [0.25, 0.3) is 5.91 Å². The highest BCUT2D eigenvalue weighted by Gasteiger charge is 2.14. The van der Waals surface area contributed by atoms with Crippen LogP contribution in [0.25, 0.3) is 0 Å². The highest BCUT2D eigenvalue weighted by molar-refractivity contribution is 6.30. The van der Waals surface area contributed by atoms with E-state index in [1.165, 1.54) is 7.11 Å². The molecule has 0 bridgehead atoms. The van der Waals surface area contributed by atoms with Crippen molar-refractivity contribution in [2.45, 2.75) is 39.3 Å². The van der Waals surface area contributed by atoms with Crippen LogP contribution in [0.1, 0.15) is 32.3 Å². The first-order valence-corrected chi connectivity index (χ1v) is 7.29. The average Bonchev–Trinajstić information content (AvgIpc) is 2.44. The summed E-state index contributed by atoms with van der Waals surface area (Å²) in [7, 11) is 1.48. The van der Waals surface area contributed by atoms with Gasteiger partial charge >= 0.3 is 0 Å². The lowest BCUT2D eigenvalue weighted by Crippen LogP contribution is -2.36. The van der Waals surface area contributed by atoms with Gasteiger partial charge in [-0.3, -0.25) is 4.79 Å². The zero-order valence-corrected chi connectivity index (χ0v) is 13.4. The Labute approximate surface area is 130 Å². The fourth-order valence-electron chi connectivity index (χ4n) is 2.01. The summed E-state index contributed by atoms with van der Waals surface area (Å²) in [6.45, 7) is 3.62. The van der Waals surface area contributed by atoms with Gasteiger partial charge in [-0.05, 0) is 19.4 Å². The first kappa shape index (κ1) is 17.6. The van der Waals surface area contributed by atoms with E-state index in [2.05, 4.69) is 12.2 Å². The lowest BCUT2D eigenvalue weighted by molar-refractivity contribution is -0.123. The van der Waals surface area contributed by atoms with Crippen molar-refractivity contribution >= 4 is 17.5 Å². The molecule has 0 heterocycles. The van der Waals surface area contributed by atoms with E-state index in [0.717, 1.165) is 12.8 Å². The number of aliphatic hydroxyl groups is 1. The van der Waals surface area contributed by atoms with Gasteiger partial charge in [0.15, 0.2) is 18.1 Å². The first-order chi connectivity index (χ1) is 10.0. The van der Waals surface area contributed by atoms with Crippen LogP contribution in [0.5, 0.6) is 11.5 Å². The topological polar surface area (TPSA) is 67.8 Å². The molecule has 1 atom stereocenters. The smallest absolute Gasteiger partial charge is 0.258 e. The molecule has 21 heavy (non-hydrogen) atoms. The Morgan fingerprint density at radius 1 is 1.48 bits per heavy atom. The minimum absolute atomic E-state index is 0.107. The van der Waals surface area contributed by atoms with Crippen molar-refractivity contribution in [3.05, 3.63) is 22.7 Å². The summed E-state index contributed by atoms with van der Waals surface area (Å²) in [5.41, 5.74) is 0.480. The number of hydrogen-bond donors (Lipinski definition) is 2. The van der Waals surface area contributed by atoms with Gasteiger partial charge in [-0.1, -0.05) is 24.9 Å². The van der Waals surface area contributed by atoms with Gasteiger partial charge in [0, 0.05) is 22.7 Å². The molecule has 118 valence electrons. The van der Waals surface area contributed by atoms with E-state index in [1.54, 1.807) is 12.1 Å². The molecule has 0 aliphatic carbocycles. The Morgan fingerprint density at radius 2 is 2.19 bits per heavy atom. The molecular formula is C15H22ClNO4. The molecule has 0 spiro atoms. The third-order valence-corrected chi connectivity index (χ3v) is 3.18. The Bertz CT molecular complexity index is 454. The number of benzene rings is 1. The van der Waals surface area contributed by atoms with Crippen molar-refractivity contribution in [2.75, 3.05) is 13.7 Å². The fraction of sp³-hybridized carbons (Fsp3) is 0.533. The summed E-state index contributed by atoms with van der Waals surface area (Å²) in [6, 6.07) is 3.26. The average molecular weight is 316 g/mol. The number of carbonyl (C=O) groups is 1. The van der Waals surface area contributed by atoms with E-state index in [9.17, 15) is 9.90 Å². The van der Waals surface area contributed by atoms with E-state index in [4.69, 9.17) is 21.1 Å². The number of amides is 1. The van der Waals surface area contributed by atoms with Crippen LogP contribution in [-0.2, 0) is 11.4 Å². The second-order valence-electron chi connectivity index (χ2n) is 4.80. The van der Waals surface area contributed by atoms with E-state index < -0.39 is 0 Å². The molecule has 1 unspecified atom stereocenters. The molecule has 0 aromatic heterocycles. The largest absolute Gasteiger partial charge is 0.493 e. The van der Waals surface area contributed by atoms with Crippen molar-refractivity contribution < 1.29 is 19.4 Å². The highest BCUT2D eigenvalue weighted by Crippen LogP contribution is 2.34. The third kappa shape index (κ3) is 5.44. The van der Waals surface area contributed by atoms with Gasteiger partial charge in [0.2, 0.25) is 0 Å². The van der Waals surface area contributed by atoms with Gasteiger partial charge in [-0.2, -0.15) is 0 Å². The quantitative estimate of drug-likeness (QED) is 0.773. The number of nitrogens with one attached hydrogen (secondary N) is 1.